The van der Waals surface area contributed by atoms with Crippen molar-refractivity contribution < 1.29 is 13.5 Å². The Labute approximate surface area is 75.3 Å². The molecule has 13 heavy (non-hydrogen) atoms. The van der Waals surface area contributed by atoms with Crippen molar-refractivity contribution in [3.63, 3.8) is 0 Å². The Bertz CT molecular complexity index is 278. The van der Waals surface area contributed by atoms with Crippen LogP contribution < -0.4 is 10.5 Å². The van der Waals surface area contributed by atoms with E-state index < -0.39 is 11.6 Å². The van der Waals surface area contributed by atoms with E-state index in [0.29, 0.717) is 19.6 Å². The van der Waals surface area contributed by atoms with Gasteiger partial charge in [-0.15, -0.1) is 0 Å². The van der Waals surface area contributed by atoms with E-state index in [1.807, 2.05) is 0 Å². The van der Waals surface area contributed by atoms with Gasteiger partial charge < -0.3 is 10.5 Å². The molecule has 72 valence electrons. The van der Waals surface area contributed by atoms with Gasteiger partial charge in [-0.1, -0.05) is 0 Å². The largest absolute Gasteiger partial charge is 0.490 e. The van der Waals surface area contributed by atoms with E-state index in [0.717, 1.165) is 12.1 Å². The first kappa shape index (κ1) is 9.92. The van der Waals surface area contributed by atoms with Crippen LogP contribution in [0.1, 0.15) is 6.42 Å². The Kier molecular flexibility index (Phi) is 3.64. The van der Waals surface area contributed by atoms with E-state index >= 15 is 0 Å². The lowest BCUT2D eigenvalue weighted by atomic mass is 10.3. The van der Waals surface area contributed by atoms with Crippen molar-refractivity contribution in [1.29, 1.82) is 0 Å². The number of ether oxygens (including phenoxy) is 1. The summed E-state index contributed by atoms with van der Waals surface area (Å²) in [5.41, 5.74) is 5.22. The summed E-state index contributed by atoms with van der Waals surface area (Å²) in [6.45, 7) is 0.835. The second-order valence-electron chi connectivity index (χ2n) is 2.57. The van der Waals surface area contributed by atoms with Gasteiger partial charge in [-0.25, -0.2) is 8.78 Å². The Morgan fingerprint density at radius 2 is 2.08 bits per heavy atom. The van der Waals surface area contributed by atoms with Crippen LogP contribution in [-0.2, 0) is 0 Å². The van der Waals surface area contributed by atoms with Gasteiger partial charge in [-0.05, 0) is 25.1 Å². The highest BCUT2D eigenvalue weighted by molar-refractivity contribution is 5.24. The first-order valence-corrected chi connectivity index (χ1v) is 4.02. The summed E-state index contributed by atoms with van der Waals surface area (Å²) in [4.78, 5) is 0. The van der Waals surface area contributed by atoms with E-state index in [-0.39, 0.29) is 5.75 Å². The maximum absolute atomic E-state index is 12.9. The van der Waals surface area contributed by atoms with Gasteiger partial charge in [-0.2, -0.15) is 0 Å². The first-order chi connectivity index (χ1) is 6.24. The first-order valence-electron chi connectivity index (χ1n) is 4.02. The Balaban J connectivity index is 2.56. The van der Waals surface area contributed by atoms with Gasteiger partial charge in [-0.3, -0.25) is 0 Å². The van der Waals surface area contributed by atoms with Crippen molar-refractivity contribution in [1.82, 2.24) is 0 Å². The molecule has 1 aromatic carbocycles. The highest BCUT2D eigenvalue weighted by atomic mass is 19.1. The quantitative estimate of drug-likeness (QED) is 0.728. The van der Waals surface area contributed by atoms with Crippen molar-refractivity contribution in [2.75, 3.05) is 13.2 Å². The molecule has 0 atom stereocenters. The second-order valence-corrected chi connectivity index (χ2v) is 2.57. The zero-order valence-corrected chi connectivity index (χ0v) is 7.09. The van der Waals surface area contributed by atoms with Crippen LogP contribution in [0, 0.1) is 11.6 Å². The summed E-state index contributed by atoms with van der Waals surface area (Å²) >= 11 is 0. The van der Waals surface area contributed by atoms with Crippen LogP contribution in [0.5, 0.6) is 5.75 Å². The van der Waals surface area contributed by atoms with Crippen molar-refractivity contribution in [3.05, 3.63) is 29.8 Å². The molecule has 0 saturated heterocycles. The van der Waals surface area contributed by atoms with Crippen molar-refractivity contribution in [3.8, 4) is 5.75 Å². The molecule has 2 nitrogen and oxygen atoms in total. The molecule has 0 heterocycles. The van der Waals surface area contributed by atoms with Crippen LogP contribution in [0.25, 0.3) is 0 Å². The Hall–Kier alpha value is -1.16. The third-order valence-corrected chi connectivity index (χ3v) is 1.50. The SMILES string of the molecule is NCCCOc1ccc(F)cc1F. The lowest BCUT2D eigenvalue weighted by Gasteiger charge is -2.05. The summed E-state index contributed by atoms with van der Waals surface area (Å²) in [6, 6.07) is 3.21. The van der Waals surface area contributed by atoms with Crippen LogP contribution >= 0.6 is 0 Å². The molecule has 0 aromatic heterocycles. The second kappa shape index (κ2) is 4.77. The van der Waals surface area contributed by atoms with E-state index in [4.69, 9.17) is 10.5 Å². The normalized spacial score (nSPS) is 10.1. The van der Waals surface area contributed by atoms with Crippen molar-refractivity contribution >= 4 is 0 Å². The average Bonchev–Trinajstić information content (AvgIpc) is 2.09. The predicted molar refractivity (Wildman–Crippen MR) is 45.5 cm³/mol. The average molecular weight is 187 g/mol. The third kappa shape index (κ3) is 2.99. The monoisotopic (exact) mass is 187 g/mol. The molecule has 0 aliphatic carbocycles. The van der Waals surface area contributed by atoms with Crippen LogP contribution in [0.4, 0.5) is 8.78 Å². The van der Waals surface area contributed by atoms with Gasteiger partial charge in [0.25, 0.3) is 0 Å². The fraction of sp³-hybridized carbons (Fsp3) is 0.333. The minimum absolute atomic E-state index is 0.0647. The van der Waals surface area contributed by atoms with Crippen LogP contribution in [0.3, 0.4) is 0 Å². The highest BCUT2D eigenvalue weighted by Crippen LogP contribution is 2.17. The summed E-state index contributed by atoms with van der Waals surface area (Å²) < 4.78 is 30.3. The van der Waals surface area contributed by atoms with Crippen molar-refractivity contribution in [2.24, 2.45) is 5.73 Å². The van der Waals surface area contributed by atoms with Gasteiger partial charge >= 0.3 is 0 Å². The maximum Gasteiger partial charge on any atom is 0.167 e. The summed E-state index contributed by atoms with van der Waals surface area (Å²) in [6.07, 6.45) is 0.650. The van der Waals surface area contributed by atoms with Crippen LogP contribution in [0.15, 0.2) is 18.2 Å². The molecule has 0 fully saturated rings. The number of benzene rings is 1. The van der Waals surface area contributed by atoms with Gasteiger partial charge in [0.15, 0.2) is 11.6 Å². The molecule has 1 rings (SSSR count). The lowest BCUT2D eigenvalue weighted by molar-refractivity contribution is 0.297. The number of halogens is 2. The number of hydrogen-bond donors (Lipinski definition) is 1. The van der Waals surface area contributed by atoms with E-state index in [2.05, 4.69) is 0 Å². The summed E-state index contributed by atoms with van der Waals surface area (Å²) in [5, 5.41) is 0. The number of nitrogens with two attached hydrogens (primary N) is 1. The molecule has 0 bridgehead atoms. The van der Waals surface area contributed by atoms with Gasteiger partial charge in [0.05, 0.1) is 6.61 Å². The number of rotatable bonds is 4. The van der Waals surface area contributed by atoms with Gasteiger partial charge in [0, 0.05) is 6.07 Å². The molecule has 2 N–H and O–H groups in total. The molecule has 1 aromatic rings. The van der Waals surface area contributed by atoms with Crippen LogP contribution in [-0.4, -0.2) is 13.2 Å². The molecule has 0 amide bonds. The molecular formula is C9H11F2NO. The smallest absolute Gasteiger partial charge is 0.167 e. The Morgan fingerprint density at radius 3 is 2.69 bits per heavy atom. The molecule has 0 spiro atoms. The maximum atomic E-state index is 12.9. The Morgan fingerprint density at radius 1 is 1.31 bits per heavy atom. The zero-order valence-electron chi connectivity index (χ0n) is 7.09. The third-order valence-electron chi connectivity index (χ3n) is 1.50. The van der Waals surface area contributed by atoms with Crippen LogP contribution in [0.2, 0.25) is 0 Å². The van der Waals surface area contributed by atoms with E-state index in [9.17, 15) is 8.78 Å². The standard InChI is InChI=1S/C9H11F2NO/c10-7-2-3-9(8(11)6-7)13-5-1-4-12/h2-3,6H,1,4-5,12H2. The summed E-state index contributed by atoms with van der Waals surface area (Å²) in [7, 11) is 0. The topological polar surface area (TPSA) is 35.2 Å². The van der Waals surface area contributed by atoms with E-state index in [1.165, 1.54) is 6.07 Å². The molecule has 0 aliphatic heterocycles. The number of hydrogen-bond acceptors (Lipinski definition) is 2. The van der Waals surface area contributed by atoms with E-state index in [1.54, 1.807) is 0 Å². The molecular weight excluding hydrogens is 176 g/mol. The fourth-order valence-electron chi connectivity index (χ4n) is 0.858. The lowest BCUT2D eigenvalue weighted by Crippen LogP contribution is -2.06. The molecule has 0 unspecified atom stereocenters. The molecule has 4 heteroatoms. The van der Waals surface area contributed by atoms with Crippen molar-refractivity contribution in [2.45, 2.75) is 6.42 Å². The molecule has 0 saturated carbocycles. The predicted octanol–water partition coefficient (Wildman–Crippen LogP) is 1.69. The summed E-state index contributed by atoms with van der Waals surface area (Å²) in [5.74, 6) is -1.23. The molecule has 0 radical (unpaired) electrons. The zero-order chi connectivity index (χ0) is 9.68. The van der Waals surface area contributed by atoms with Gasteiger partial charge in [0.1, 0.15) is 5.82 Å². The minimum Gasteiger partial charge on any atom is -0.490 e. The molecule has 0 aliphatic rings. The minimum atomic E-state index is -0.683. The van der Waals surface area contributed by atoms with Gasteiger partial charge in [0.2, 0.25) is 0 Å². The highest BCUT2D eigenvalue weighted by Gasteiger charge is 2.03. The fourth-order valence-corrected chi connectivity index (χ4v) is 0.858.